The van der Waals surface area contributed by atoms with Crippen molar-refractivity contribution in [1.29, 1.82) is 0 Å². The Morgan fingerprint density at radius 3 is 2.86 bits per heavy atom. The highest BCUT2D eigenvalue weighted by Gasteiger charge is 2.06. The summed E-state index contributed by atoms with van der Waals surface area (Å²) >= 11 is 6.02. The SMILES string of the molecule is C=CCOc1ccc(Cl)cc1CNc1cccc(C(=O)O)c1. The van der Waals surface area contributed by atoms with Gasteiger partial charge in [-0.2, -0.15) is 0 Å². The summed E-state index contributed by atoms with van der Waals surface area (Å²) in [4.78, 5) is 11.0. The van der Waals surface area contributed by atoms with Crippen LogP contribution in [-0.2, 0) is 6.54 Å². The summed E-state index contributed by atoms with van der Waals surface area (Å²) in [6.07, 6.45) is 1.67. The molecule has 0 fully saturated rings. The maximum absolute atomic E-state index is 11.0. The number of hydrogen-bond acceptors (Lipinski definition) is 3. The average molecular weight is 318 g/mol. The van der Waals surface area contributed by atoms with Crippen molar-refractivity contribution in [3.63, 3.8) is 0 Å². The van der Waals surface area contributed by atoms with Gasteiger partial charge in [0.25, 0.3) is 0 Å². The first-order valence-electron chi connectivity index (χ1n) is 6.69. The number of hydrogen-bond donors (Lipinski definition) is 2. The number of carboxylic acid groups (broad SMARTS) is 1. The van der Waals surface area contributed by atoms with E-state index in [2.05, 4.69) is 11.9 Å². The van der Waals surface area contributed by atoms with E-state index in [-0.39, 0.29) is 5.56 Å². The van der Waals surface area contributed by atoms with Crippen molar-refractivity contribution < 1.29 is 14.6 Å². The molecule has 0 aliphatic heterocycles. The number of carbonyl (C=O) groups is 1. The lowest BCUT2D eigenvalue weighted by molar-refractivity contribution is 0.0697. The minimum atomic E-state index is -0.957. The molecule has 0 saturated heterocycles. The van der Waals surface area contributed by atoms with Crippen LogP contribution in [0.15, 0.2) is 55.1 Å². The number of rotatable bonds is 7. The maximum Gasteiger partial charge on any atom is 0.335 e. The van der Waals surface area contributed by atoms with Gasteiger partial charge >= 0.3 is 5.97 Å². The van der Waals surface area contributed by atoms with Crippen LogP contribution in [0.3, 0.4) is 0 Å². The fourth-order valence-electron chi connectivity index (χ4n) is 1.94. The van der Waals surface area contributed by atoms with Gasteiger partial charge in [-0.1, -0.05) is 30.3 Å². The van der Waals surface area contributed by atoms with E-state index in [9.17, 15) is 4.79 Å². The number of benzene rings is 2. The summed E-state index contributed by atoms with van der Waals surface area (Å²) in [5, 5.41) is 12.8. The van der Waals surface area contributed by atoms with E-state index in [1.165, 1.54) is 0 Å². The topological polar surface area (TPSA) is 58.6 Å². The van der Waals surface area contributed by atoms with Crippen LogP contribution in [0.1, 0.15) is 15.9 Å². The van der Waals surface area contributed by atoms with Gasteiger partial charge in [-0.15, -0.1) is 0 Å². The fraction of sp³-hybridized carbons (Fsp3) is 0.118. The molecule has 114 valence electrons. The second-order valence-electron chi connectivity index (χ2n) is 4.59. The van der Waals surface area contributed by atoms with E-state index >= 15 is 0 Å². The zero-order chi connectivity index (χ0) is 15.9. The van der Waals surface area contributed by atoms with Gasteiger partial charge < -0.3 is 15.2 Å². The monoisotopic (exact) mass is 317 g/mol. The lowest BCUT2D eigenvalue weighted by Gasteiger charge is -2.12. The van der Waals surface area contributed by atoms with Crippen LogP contribution < -0.4 is 10.1 Å². The van der Waals surface area contributed by atoms with Crippen molar-refractivity contribution in [3.05, 3.63) is 71.3 Å². The Labute approximate surface area is 134 Å². The molecule has 0 aliphatic rings. The third-order valence-corrected chi connectivity index (χ3v) is 3.21. The van der Waals surface area contributed by atoms with Crippen molar-refractivity contribution in [2.75, 3.05) is 11.9 Å². The van der Waals surface area contributed by atoms with Crippen LogP contribution in [0.25, 0.3) is 0 Å². The number of anilines is 1. The minimum absolute atomic E-state index is 0.235. The second kappa shape index (κ2) is 7.52. The van der Waals surface area contributed by atoms with Gasteiger partial charge in [-0.05, 0) is 36.4 Å². The Morgan fingerprint density at radius 1 is 1.32 bits per heavy atom. The first-order chi connectivity index (χ1) is 10.6. The lowest BCUT2D eigenvalue weighted by Crippen LogP contribution is -2.04. The van der Waals surface area contributed by atoms with Gasteiger partial charge in [0.1, 0.15) is 12.4 Å². The number of aromatic carboxylic acids is 1. The molecular formula is C17H16ClNO3. The molecule has 4 nitrogen and oxygen atoms in total. The van der Waals surface area contributed by atoms with Crippen LogP contribution in [0.5, 0.6) is 5.75 Å². The number of carboxylic acids is 1. The molecule has 0 aliphatic carbocycles. The fourth-order valence-corrected chi connectivity index (χ4v) is 2.13. The average Bonchev–Trinajstić information content (AvgIpc) is 2.52. The highest BCUT2D eigenvalue weighted by Crippen LogP contribution is 2.24. The van der Waals surface area contributed by atoms with Crippen LogP contribution in [-0.4, -0.2) is 17.7 Å². The zero-order valence-corrected chi connectivity index (χ0v) is 12.6. The third kappa shape index (κ3) is 4.27. The molecule has 0 bridgehead atoms. The minimum Gasteiger partial charge on any atom is -0.489 e. The van der Waals surface area contributed by atoms with Crippen LogP contribution >= 0.6 is 11.6 Å². The Kier molecular flexibility index (Phi) is 5.44. The Morgan fingerprint density at radius 2 is 2.14 bits per heavy atom. The summed E-state index contributed by atoms with van der Waals surface area (Å²) in [6, 6.07) is 12.0. The van der Waals surface area contributed by atoms with E-state index in [4.69, 9.17) is 21.4 Å². The van der Waals surface area contributed by atoms with E-state index in [1.807, 2.05) is 6.07 Å². The van der Waals surface area contributed by atoms with E-state index in [0.717, 1.165) is 11.3 Å². The molecule has 22 heavy (non-hydrogen) atoms. The van der Waals surface area contributed by atoms with E-state index in [1.54, 1.807) is 42.5 Å². The second-order valence-corrected chi connectivity index (χ2v) is 5.03. The summed E-state index contributed by atoms with van der Waals surface area (Å²) < 4.78 is 5.58. The molecule has 2 aromatic rings. The standard InChI is InChI=1S/C17H16ClNO3/c1-2-8-22-16-7-6-14(18)9-13(16)11-19-15-5-3-4-12(10-15)17(20)21/h2-7,9-10,19H,1,8,11H2,(H,20,21). The van der Waals surface area contributed by atoms with Gasteiger partial charge in [-0.3, -0.25) is 0 Å². The Balaban J connectivity index is 2.13. The van der Waals surface area contributed by atoms with Crippen molar-refractivity contribution in [2.24, 2.45) is 0 Å². The maximum atomic E-state index is 11.0. The molecule has 0 spiro atoms. The highest BCUT2D eigenvalue weighted by atomic mass is 35.5. The normalized spacial score (nSPS) is 10.0. The van der Waals surface area contributed by atoms with Gasteiger partial charge in [0.15, 0.2) is 0 Å². The molecule has 0 aromatic heterocycles. The molecule has 2 N–H and O–H groups in total. The quantitative estimate of drug-likeness (QED) is 0.751. The predicted molar refractivity (Wildman–Crippen MR) is 87.9 cm³/mol. The number of ether oxygens (including phenoxy) is 1. The molecule has 0 unspecified atom stereocenters. The molecule has 5 heteroatoms. The lowest BCUT2D eigenvalue weighted by atomic mass is 10.1. The number of nitrogens with one attached hydrogen (secondary N) is 1. The Hall–Kier alpha value is -2.46. The first-order valence-corrected chi connectivity index (χ1v) is 7.07. The molecule has 0 saturated carbocycles. The molecular weight excluding hydrogens is 302 g/mol. The van der Waals surface area contributed by atoms with E-state index < -0.39 is 5.97 Å². The van der Waals surface area contributed by atoms with Crippen molar-refractivity contribution in [3.8, 4) is 5.75 Å². The third-order valence-electron chi connectivity index (χ3n) is 2.97. The number of halogens is 1. The van der Waals surface area contributed by atoms with Gasteiger partial charge in [0, 0.05) is 22.8 Å². The molecule has 0 radical (unpaired) electrons. The summed E-state index contributed by atoms with van der Waals surface area (Å²) in [5.74, 6) is -0.243. The highest BCUT2D eigenvalue weighted by molar-refractivity contribution is 6.30. The zero-order valence-electron chi connectivity index (χ0n) is 11.9. The molecule has 2 rings (SSSR count). The smallest absolute Gasteiger partial charge is 0.335 e. The largest absolute Gasteiger partial charge is 0.489 e. The van der Waals surface area contributed by atoms with Gasteiger partial charge in [0.05, 0.1) is 5.56 Å². The molecule has 0 atom stereocenters. The van der Waals surface area contributed by atoms with Gasteiger partial charge in [0.2, 0.25) is 0 Å². The molecule has 0 amide bonds. The Bertz CT molecular complexity index is 685. The predicted octanol–water partition coefficient (Wildman–Crippen LogP) is 4.22. The van der Waals surface area contributed by atoms with Crippen LogP contribution in [0.2, 0.25) is 5.02 Å². The van der Waals surface area contributed by atoms with Crippen molar-refractivity contribution >= 4 is 23.3 Å². The van der Waals surface area contributed by atoms with Crippen LogP contribution in [0, 0.1) is 0 Å². The molecule has 2 aromatic carbocycles. The first kappa shape index (κ1) is 15.9. The van der Waals surface area contributed by atoms with Crippen molar-refractivity contribution in [1.82, 2.24) is 0 Å². The summed E-state index contributed by atoms with van der Waals surface area (Å²) in [6.45, 7) is 4.49. The summed E-state index contributed by atoms with van der Waals surface area (Å²) in [7, 11) is 0. The van der Waals surface area contributed by atoms with Crippen molar-refractivity contribution in [2.45, 2.75) is 6.54 Å². The van der Waals surface area contributed by atoms with Gasteiger partial charge in [-0.25, -0.2) is 4.79 Å². The van der Waals surface area contributed by atoms with E-state index in [0.29, 0.717) is 23.9 Å². The molecule has 0 heterocycles. The van der Waals surface area contributed by atoms with Crippen LogP contribution in [0.4, 0.5) is 5.69 Å². The summed E-state index contributed by atoms with van der Waals surface area (Å²) in [5.41, 5.74) is 1.84.